The van der Waals surface area contributed by atoms with Gasteiger partial charge in [-0.1, -0.05) is 78.3 Å². The minimum atomic E-state index is -0.385. The largest absolute Gasteiger partial charge is 0.494 e. The highest BCUT2D eigenvalue weighted by Crippen LogP contribution is 2.37. The Labute approximate surface area is 472 Å². The third-order valence-electron chi connectivity index (χ3n) is 16.8. The van der Waals surface area contributed by atoms with Crippen molar-refractivity contribution in [2.45, 2.75) is 77.4 Å². The monoisotopic (exact) mass is 1100 g/mol. The molecule has 13 rings (SSSR count). The molecule has 0 aliphatic carbocycles. The SMILES string of the molecule is CN1CCN(C(=O)Cc2cccc(-c3cc4c(ccc5c6c([nH]c54)CCCNC6=O)cn3)c2)CC1.CN1CCN(C(=O)Cc2cccc(B3OC(C)(C)C(C)(C)O3)c2)CC1.O=C1NCCCc2nc3c(ccc4c[nH]c(Cl)cc43)c21. The number of nitrogens with one attached hydrogen (secondary N) is 4. The van der Waals surface area contributed by atoms with Crippen LogP contribution < -0.4 is 16.1 Å². The molecule has 80 heavy (non-hydrogen) atoms. The Bertz CT molecular complexity index is 3660. The molecule has 0 spiro atoms. The molecule has 4 aromatic heterocycles. The van der Waals surface area contributed by atoms with E-state index in [1.54, 1.807) is 0 Å². The van der Waals surface area contributed by atoms with Gasteiger partial charge in [0.15, 0.2) is 0 Å². The number of aromatic nitrogens is 4. The number of aromatic amines is 2. The van der Waals surface area contributed by atoms with Crippen molar-refractivity contribution < 1.29 is 28.5 Å². The number of benzene rings is 4. The zero-order valence-electron chi connectivity index (χ0n) is 46.6. The summed E-state index contributed by atoms with van der Waals surface area (Å²) in [7, 11) is 3.80. The first kappa shape index (κ1) is 54.8. The average Bonchev–Trinajstić information content (AvgIpc) is 4.05. The molecular formula is C62H70BClN10O6. The molecule has 4 N–H and O–H groups in total. The van der Waals surface area contributed by atoms with Crippen LogP contribution in [0.3, 0.4) is 0 Å². The van der Waals surface area contributed by atoms with Gasteiger partial charge in [0, 0.05) is 121 Å². The van der Waals surface area contributed by atoms with Crippen LogP contribution >= 0.6 is 11.6 Å². The summed E-state index contributed by atoms with van der Waals surface area (Å²) in [5.74, 6) is 0.344. The second-order valence-electron chi connectivity index (χ2n) is 22.9. The highest BCUT2D eigenvalue weighted by molar-refractivity contribution is 6.62. The number of carbonyl (C=O) groups excluding carboxylic acids is 4. The zero-order chi connectivity index (χ0) is 55.9. The summed E-state index contributed by atoms with van der Waals surface area (Å²) < 4.78 is 12.2. The third kappa shape index (κ3) is 11.4. The second-order valence-corrected chi connectivity index (χ2v) is 23.3. The molecule has 414 valence electrons. The highest BCUT2D eigenvalue weighted by Gasteiger charge is 2.51. The number of hydrogen-bond donors (Lipinski definition) is 4. The summed E-state index contributed by atoms with van der Waals surface area (Å²) in [5, 5.41) is 12.5. The Morgan fingerprint density at radius 1 is 0.662 bits per heavy atom. The maximum Gasteiger partial charge on any atom is 0.494 e. The minimum absolute atomic E-state index is 0.00454. The van der Waals surface area contributed by atoms with Gasteiger partial charge in [-0.15, -0.1) is 0 Å². The van der Waals surface area contributed by atoms with Crippen molar-refractivity contribution in [1.82, 2.24) is 50.2 Å². The zero-order valence-corrected chi connectivity index (χ0v) is 47.4. The maximum atomic E-state index is 12.8. The second kappa shape index (κ2) is 22.8. The third-order valence-corrected chi connectivity index (χ3v) is 17.0. The number of rotatable bonds is 6. The Morgan fingerprint density at radius 3 is 1.94 bits per heavy atom. The van der Waals surface area contributed by atoms with Gasteiger partial charge in [-0.3, -0.25) is 29.1 Å². The lowest BCUT2D eigenvalue weighted by Crippen LogP contribution is -2.47. The van der Waals surface area contributed by atoms with Crippen LogP contribution in [0.1, 0.15) is 83.8 Å². The number of halogens is 1. The number of hydrogen-bond acceptors (Lipinski definition) is 10. The van der Waals surface area contributed by atoms with E-state index in [4.69, 9.17) is 30.9 Å². The molecule has 0 radical (unpaired) electrons. The van der Waals surface area contributed by atoms with Gasteiger partial charge in [0.05, 0.1) is 57.6 Å². The molecule has 16 nitrogen and oxygen atoms in total. The number of H-pyrrole nitrogens is 2. The van der Waals surface area contributed by atoms with Gasteiger partial charge in [0.1, 0.15) is 5.15 Å². The van der Waals surface area contributed by atoms with Crippen LogP contribution in [0.4, 0.5) is 0 Å². The molecule has 0 saturated carbocycles. The number of piperazine rings is 2. The van der Waals surface area contributed by atoms with Crippen LogP contribution in [0.2, 0.25) is 5.15 Å². The number of likely N-dealkylation sites (N-methyl/N-ethyl adjacent to an activating group) is 2. The smallest absolute Gasteiger partial charge is 0.399 e. The highest BCUT2D eigenvalue weighted by atomic mass is 35.5. The molecule has 5 aliphatic heterocycles. The first-order valence-corrected chi connectivity index (χ1v) is 28.4. The van der Waals surface area contributed by atoms with Crippen molar-refractivity contribution in [3.63, 3.8) is 0 Å². The molecule has 0 atom stereocenters. The number of amides is 4. The van der Waals surface area contributed by atoms with Crippen molar-refractivity contribution in [2.75, 3.05) is 79.5 Å². The number of carbonyl (C=O) groups is 4. The van der Waals surface area contributed by atoms with Crippen LogP contribution in [-0.4, -0.2) is 161 Å². The summed E-state index contributed by atoms with van der Waals surface area (Å²) in [5.41, 5.74) is 9.34. The lowest BCUT2D eigenvalue weighted by Gasteiger charge is -2.32. The Morgan fingerprint density at radius 2 is 1.26 bits per heavy atom. The number of pyridine rings is 2. The van der Waals surface area contributed by atoms with E-state index in [0.29, 0.717) is 31.1 Å². The Balaban J connectivity index is 0.000000132. The van der Waals surface area contributed by atoms with Crippen LogP contribution in [0.5, 0.6) is 0 Å². The lowest BCUT2D eigenvalue weighted by molar-refractivity contribution is -0.132. The molecule has 18 heteroatoms. The lowest BCUT2D eigenvalue weighted by atomic mass is 9.78. The van der Waals surface area contributed by atoms with Crippen molar-refractivity contribution in [3.05, 3.63) is 136 Å². The Hall–Kier alpha value is -7.15. The summed E-state index contributed by atoms with van der Waals surface area (Å²) in [6.07, 6.45) is 8.10. The first-order valence-electron chi connectivity index (χ1n) is 28.0. The van der Waals surface area contributed by atoms with Gasteiger partial charge >= 0.3 is 7.12 Å². The fourth-order valence-electron chi connectivity index (χ4n) is 11.3. The van der Waals surface area contributed by atoms with E-state index >= 15 is 0 Å². The van der Waals surface area contributed by atoms with Gasteiger partial charge < -0.3 is 49.5 Å². The summed E-state index contributed by atoms with van der Waals surface area (Å²) in [6.45, 7) is 16.5. The van der Waals surface area contributed by atoms with Gasteiger partial charge in [-0.2, -0.15) is 0 Å². The molecule has 3 fully saturated rings. The number of fused-ring (bicyclic) bond motifs is 10. The molecule has 5 aliphatic rings. The predicted molar refractivity (Wildman–Crippen MR) is 317 cm³/mol. The minimum Gasteiger partial charge on any atom is -0.399 e. The van der Waals surface area contributed by atoms with Crippen molar-refractivity contribution >= 4 is 91.2 Å². The number of aryl methyl sites for hydroxylation is 2. The fraction of sp³-hybridized carbons (Fsp3) is 0.387. The molecule has 4 aromatic carbocycles. The summed E-state index contributed by atoms with van der Waals surface area (Å²) >= 11 is 6.04. The predicted octanol–water partition coefficient (Wildman–Crippen LogP) is 7.72. The van der Waals surface area contributed by atoms with E-state index in [9.17, 15) is 19.2 Å². The summed E-state index contributed by atoms with van der Waals surface area (Å²) in [6, 6.07) is 28.1. The number of nitrogens with zero attached hydrogens (tertiary/aromatic N) is 6. The molecule has 3 saturated heterocycles. The van der Waals surface area contributed by atoms with E-state index < -0.39 is 0 Å². The fourth-order valence-corrected chi connectivity index (χ4v) is 11.5. The van der Waals surface area contributed by atoms with E-state index in [0.717, 1.165) is 172 Å². The molecule has 4 amide bonds. The first-order chi connectivity index (χ1) is 38.5. The molecule has 8 aromatic rings. The van der Waals surface area contributed by atoms with Gasteiger partial charge in [0.25, 0.3) is 11.8 Å². The van der Waals surface area contributed by atoms with Crippen molar-refractivity contribution in [3.8, 4) is 11.3 Å². The average molecular weight is 1100 g/mol. The van der Waals surface area contributed by atoms with Crippen LogP contribution in [-0.2, 0) is 44.6 Å². The van der Waals surface area contributed by atoms with E-state index in [1.807, 2.05) is 123 Å². The van der Waals surface area contributed by atoms with Crippen LogP contribution in [0.15, 0.2) is 97.3 Å². The van der Waals surface area contributed by atoms with Gasteiger partial charge in [-0.25, -0.2) is 0 Å². The normalized spacial score (nSPS) is 18.4. The molecule has 0 bridgehead atoms. The van der Waals surface area contributed by atoms with E-state index in [2.05, 4.69) is 56.6 Å². The van der Waals surface area contributed by atoms with Crippen LogP contribution in [0, 0.1) is 0 Å². The summed E-state index contributed by atoms with van der Waals surface area (Å²) in [4.78, 5) is 74.7. The van der Waals surface area contributed by atoms with Crippen molar-refractivity contribution in [2.24, 2.45) is 0 Å². The van der Waals surface area contributed by atoms with Crippen LogP contribution in [0.25, 0.3) is 54.6 Å². The molecule has 9 heterocycles. The standard InChI is InChI=1S/C28H29N5O2.C19H29BN2O3.C15H12ClN3O/c1-32-10-12-33(13-11-32)25(34)15-18-4-2-5-19(14-18)24-16-22-20(17-30-24)7-8-21-26-23(31-27(21)22)6-3-9-29-28(26)35;1-18(2)19(3,4)25-20(24-18)16-8-6-7-15(13-16)14-17(23)22-11-9-21(5)10-12-22;16-12-6-10-8(7-18-12)3-4-9-13-11(19-14(9)10)2-1-5-17-15(13)20/h2,4-5,7-8,14,16-17,31H,3,6,9-13,15H2,1H3,(H,29,35);6-8,13H,9-12,14H2,1-5H3;3-4,6-7,18H,1-2,5H2,(H,17,20). The quantitative estimate of drug-likeness (QED) is 0.0951. The van der Waals surface area contributed by atoms with E-state index in [1.165, 1.54) is 0 Å². The Kier molecular flexibility index (Phi) is 15.6. The van der Waals surface area contributed by atoms with Gasteiger partial charge in [-0.05, 0) is 102 Å². The van der Waals surface area contributed by atoms with E-state index in [-0.39, 0.29) is 41.9 Å². The topological polar surface area (TPSA) is 181 Å². The van der Waals surface area contributed by atoms with Crippen molar-refractivity contribution in [1.29, 1.82) is 0 Å². The van der Waals surface area contributed by atoms with Gasteiger partial charge in [0.2, 0.25) is 11.8 Å². The molecular weight excluding hydrogens is 1030 g/mol. The maximum absolute atomic E-state index is 12.8. The molecule has 0 unspecified atom stereocenters.